The molecular formula is C14H24N2O3. The third-order valence-electron chi connectivity index (χ3n) is 4.45. The highest BCUT2D eigenvalue weighted by Crippen LogP contribution is 2.24. The first-order valence-corrected chi connectivity index (χ1v) is 7.59. The Morgan fingerprint density at radius 3 is 2.63 bits per heavy atom. The Kier molecular flexibility index (Phi) is 4.35. The normalized spacial score (nSPS) is 30.4. The predicted octanol–water partition coefficient (Wildman–Crippen LogP) is 0.836. The van der Waals surface area contributed by atoms with Crippen molar-refractivity contribution < 1.29 is 14.3 Å². The zero-order chi connectivity index (χ0) is 13.1. The first-order chi connectivity index (χ1) is 9.34. The molecule has 0 aromatic rings. The minimum atomic E-state index is -0.0467. The van der Waals surface area contributed by atoms with Crippen LogP contribution in [0.3, 0.4) is 0 Å². The van der Waals surface area contributed by atoms with Crippen molar-refractivity contribution in [2.75, 3.05) is 39.4 Å². The molecule has 3 aliphatic rings. The van der Waals surface area contributed by atoms with Crippen molar-refractivity contribution in [3.63, 3.8) is 0 Å². The predicted molar refractivity (Wildman–Crippen MR) is 70.7 cm³/mol. The summed E-state index contributed by atoms with van der Waals surface area (Å²) in [5, 5.41) is 0. The van der Waals surface area contributed by atoms with E-state index in [1.165, 1.54) is 12.8 Å². The van der Waals surface area contributed by atoms with E-state index in [1.807, 2.05) is 4.90 Å². The molecule has 3 rings (SSSR count). The number of hydrogen-bond acceptors (Lipinski definition) is 4. The molecule has 0 spiro atoms. The third-order valence-corrected chi connectivity index (χ3v) is 4.45. The van der Waals surface area contributed by atoms with Gasteiger partial charge < -0.3 is 14.4 Å². The number of carbonyl (C=O) groups excluding carboxylic acids is 1. The standard InChI is InChI=1S/C14H24N2O3/c17-13-5-3-7-16(13)9-8-15-6-2-1-4-12(15)14-18-10-11-19-14/h12,14H,1-11H2. The maximum absolute atomic E-state index is 11.6. The summed E-state index contributed by atoms with van der Waals surface area (Å²) in [6.45, 7) is 5.31. The molecule has 108 valence electrons. The summed E-state index contributed by atoms with van der Waals surface area (Å²) in [7, 11) is 0. The van der Waals surface area contributed by atoms with Crippen LogP contribution in [-0.2, 0) is 14.3 Å². The molecule has 3 saturated heterocycles. The summed E-state index contributed by atoms with van der Waals surface area (Å²) in [5.74, 6) is 0.321. The fraction of sp³-hybridized carbons (Fsp3) is 0.929. The monoisotopic (exact) mass is 268 g/mol. The van der Waals surface area contributed by atoms with E-state index in [4.69, 9.17) is 9.47 Å². The van der Waals surface area contributed by atoms with Gasteiger partial charge in [-0.15, -0.1) is 0 Å². The lowest BCUT2D eigenvalue weighted by atomic mass is 10.0. The number of nitrogens with zero attached hydrogens (tertiary/aromatic N) is 2. The van der Waals surface area contributed by atoms with Crippen LogP contribution >= 0.6 is 0 Å². The Morgan fingerprint density at radius 2 is 1.89 bits per heavy atom. The van der Waals surface area contributed by atoms with Gasteiger partial charge in [-0.05, 0) is 25.8 Å². The molecule has 1 amide bonds. The van der Waals surface area contributed by atoms with E-state index in [1.54, 1.807) is 0 Å². The number of amides is 1. The molecule has 5 nitrogen and oxygen atoms in total. The van der Waals surface area contributed by atoms with Crippen LogP contribution in [0.1, 0.15) is 32.1 Å². The fourth-order valence-electron chi connectivity index (χ4n) is 3.39. The smallest absolute Gasteiger partial charge is 0.222 e. The Morgan fingerprint density at radius 1 is 1.05 bits per heavy atom. The molecule has 0 N–H and O–H groups in total. The second-order valence-electron chi connectivity index (χ2n) is 5.69. The molecule has 1 atom stereocenters. The number of likely N-dealkylation sites (tertiary alicyclic amines) is 2. The van der Waals surface area contributed by atoms with E-state index in [0.717, 1.165) is 58.7 Å². The van der Waals surface area contributed by atoms with Crippen molar-refractivity contribution in [1.82, 2.24) is 9.80 Å². The van der Waals surface area contributed by atoms with E-state index < -0.39 is 0 Å². The largest absolute Gasteiger partial charge is 0.349 e. The summed E-state index contributed by atoms with van der Waals surface area (Å²) in [5.41, 5.74) is 0. The van der Waals surface area contributed by atoms with Crippen LogP contribution in [0.25, 0.3) is 0 Å². The van der Waals surface area contributed by atoms with Crippen LogP contribution in [0.4, 0.5) is 0 Å². The van der Waals surface area contributed by atoms with E-state index in [0.29, 0.717) is 11.9 Å². The average molecular weight is 268 g/mol. The van der Waals surface area contributed by atoms with E-state index in [2.05, 4.69) is 4.90 Å². The zero-order valence-corrected chi connectivity index (χ0v) is 11.6. The SMILES string of the molecule is O=C1CCCN1CCN1CCCCC1C1OCCO1. The van der Waals surface area contributed by atoms with Crippen molar-refractivity contribution in [2.45, 2.75) is 44.4 Å². The van der Waals surface area contributed by atoms with Gasteiger partial charge in [-0.3, -0.25) is 9.69 Å². The van der Waals surface area contributed by atoms with Crippen molar-refractivity contribution >= 4 is 5.91 Å². The number of ether oxygens (including phenoxy) is 2. The van der Waals surface area contributed by atoms with Crippen LogP contribution in [0.5, 0.6) is 0 Å². The van der Waals surface area contributed by atoms with Crippen LogP contribution < -0.4 is 0 Å². The molecular weight excluding hydrogens is 244 g/mol. The van der Waals surface area contributed by atoms with Crippen molar-refractivity contribution in [1.29, 1.82) is 0 Å². The first-order valence-electron chi connectivity index (χ1n) is 7.59. The lowest BCUT2D eigenvalue weighted by Crippen LogP contribution is -2.49. The van der Waals surface area contributed by atoms with Gasteiger partial charge in [0.15, 0.2) is 6.29 Å². The van der Waals surface area contributed by atoms with Gasteiger partial charge in [-0.2, -0.15) is 0 Å². The summed E-state index contributed by atoms with van der Waals surface area (Å²) in [6, 6.07) is 0.383. The molecule has 0 aliphatic carbocycles. The van der Waals surface area contributed by atoms with Gasteiger partial charge in [0.05, 0.1) is 19.3 Å². The minimum absolute atomic E-state index is 0.0467. The van der Waals surface area contributed by atoms with Gasteiger partial charge in [-0.25, -0.2) is 0 Å². The molecule has 0 bridgehead atoms. The lowest BCUT2D eigenvalue weighted by molar-refractivity contribution is -0.129. The van der Waals surface area contributed by atoms with E-state index >= 15 is 0 Å². The highest BCUT2D eigenvalue weighted by atomic mass is 16.7. The topological polar surface area (TPSA) is 42.0 Å². The molecule has 0 aromatic carbocycles. The summed E-state index contributed by atoms with van der Waals surface area (Å²) in [4.78, 5) is 16.1. The number of hydrogen-bond donors (Lipinski definition) is 0. The quantitative estimate of drug-likeness (QED) is 0.757. The molecule has 3 aliphatic heterocycles. The molecule has 0 aromatic heterocycles. The van der Waals surface area contributed by atoms with Gasteiger partial charge in [-0.1, -0.05) is 6.42 Å². The number of carbonyl (C=O) groups is 1. The summed E-state index contributed by atoms with van der Waals surface area (Å²) >= 11 is 0. The Bertz CT molecular complexity index is 318. The third kappa shape index (κ3) is 3.09. The first kappa shape index (κ1) is 13.3. The molecule has 3 fully saturated rings. The molecule has 19 heavy (non-hydrogen) atoms. The molecule has 1 unspecified atom stereocenters. The van der Waals surface area contributed by atoms with Crippen molar-refractivity contribution in [3.05, 3.63) is 0 Å². The maximum Gasteiger partial charge on any atom is 0.222 e. The highest BCUT2D eigenvalue weighted by Gasteiger charge is 2.34. The van der Waals surface area contributed by atoms with E-state index in [-0.39, 0.29) is 6.29 Å². The van der Waals surface area contributed by atoms with Gasteiger partial charge >= 0.3 is 0 Å². The van der Waals surface area contributed by atoms with Crippen LogP contribution in [0.15, 0.2) is 0 Å². The maximum atomic E-state index is 11.6. The van der Waals surface area contributed by atoms with Gasteiger partial charge in [0.2, 0.25) is 5.91 Å². The molecule has 0 radical (unpaired) electrons. The van der Waals surface area contributed by atoms with E-state index in [9.17, 15) is 4.79 Å². The zero-order valence-electron chi connectivity index (χ0n) is 11.6. The second kappa shape index (κ2) is 6.20. The summed E-state index contributed by atoms with van der Waals surface area (Å²) in [6.07, 6.45) is 5.37. The number of piperidine rings is 1. The van der Waals surface area contributed by atoms with Gasteiger partial charge in [0.25, 0.3) is 0 Å². The van der Waals surface area contributed by atoms with Crippen molar-refractivity contribution in [3.8, 4) is 0 Å². The van der Waals surface area contributed by atoms with Crippen LogP contribution in [0, 0.1) is 0 Å². The van der Waals surface area contributed by atoms with Gasteiger partial charge in [0, 0.05) is 26.1 Å². The van der Waals surface area contributed by atoms with Gasteiger partial charge in [0.1, 0.15) is 0 Å². The average Bonchev–Trinajstić information content (AvgIpc) is 3.08. The fourth-order valence-corrected chi connectivity index (χ4v) is 3.39. The van der Waals surface area contributed by atoms with Crippen molar-refractivity contribution in [2.24, 2.45) is 0 Å². The molecule has 3 heterocycles. The minimum Gasteiger partial charge on any atom is -0.349 e. The second-order valence-corrected chi connectivity index (χ2v) is 5.69. The Balaban J connectivity index is 1.53. The highest BCUT2D eigenvalue weighted by molar-refractivity contribution is 5.78. The van der Waals surface area contributed by atoms with Crippen LogP contribution in [-0.4, -0.2) is 67.4 Å². The lowest BCUT2D eigenvalue weighted by Gasteiger charge is -2.38. The number of rotatable bonds is 4. The van der Waals surface area contributed by atoms with Crippen LogP contribution in [0.2, 0.25) is 0 Å². The summed E-state index contributed by atoms with van der Waals surface area (Å²) < 4.78 is 11.3. The molecule has 5 heteroatoms. The Labute approximate surface area is 114 Å². The molecule has 0 saturated carbocycles. The Hall–Kier alpha value is -0.650.